The number of nitrogens with two attached hydrogens (primary N) is 1. The summed E-state index contributed by atoms with van der Waals surface area (Å²) < 4.78 is 2.26. The van der Waals surface area contributed by atoms with Crippen LogP contribution in [-0.2, 0) is 0 Å². The molecule has 0 aliphatic heterocycles. The molecule has 6 nitrogen and oxygen atoms in total. The van der Waals surface area contributed by atoms with Crippen molar-refractivity contribution in [2.45, 2.75) is 6.92 Å². The van der Waals surface area contributed by atoms with Crippen molar-refractivity contribution in [1.82, 2.24) is 19.7 Å². The summed E-state index contributed by atoms with van der Waals surface area (Å²) in [4.78, 5) is 8.11. The maximum Gasteiger partial charge on any atom is 0.239 e. The summed E-state index contributed by atoms with van der Waals surface area (Å²) in [6.07, 6.45) is 3.26. The third-order valence-corrected chi connectivity index (χ3v) is 2.84. The molecule has 0 amide bonds. The number of anilines is 1. The van der Waals surface area contributed by atoms with Gasteiger partial charge in [0.25, 0.3) is 0 Å². The average Bonchev–Trinajstić information content (AvgIpc) is 2.60. The first-order valence-corrected chi connectivity index (χ1v) is 5.50. The lowest BCUT2D eigenvalue weighted by atomic mass is 10.5. The van der Waals surface area contributed by atoms with E-state index >= 15 is 0 Å². The van der Waals surface area contributed by atoms with Crippen LogP contribution in [0.1, 0.15) is 5.69 Å². The van der Waals surface area contributed by atoms with Crippen LogP contribution in [0.3, 0.4) is 0 Å². The number of rotatable bonds is 2. The monoisotopic (exact) mass is 302 g/mol. The SMILES string of the molecule is Cc1nn(-c2nc(NN)ncc2Br)cc1Cl. The zero-order valence-corrected chi connectivity index (χ0v) is 10.6. The Kier molecular flexibility index (Phi) is 3.08. The van der Waals surface area contributed by atoms with Crippen LogP contribution in [0.5, 0.6) is 0 Å². The minimum Gasteiger partial charge on any atom is -0.292 e. The van der Waals surface area contributed by atoms with E-state index in [9.17, 15) is 0 Å². The number of halogens is 2. The zero-order valence-electron chi connectivity index (χ0n) is 8.28. The van der Waals surface area contributed by atoms with Gasteiger partial charge in [0, 0.05) is 6.20 Å². The number of hydrazine groups is 1. The molecular weight excluding hydrogens is 295 g/mol. The van der Waals surface area contributed by atoms with E-state index in [-0.39, 0.29) is 0 Å². The van der Waals surface area contributed by atoms with Crippen LogP contribution in [0.2, 0.25) is 5.02 Å². The van der Waals surface area contributed by atoms with E-state index in [4.69, 9.17) is 17.4 Å². The second-order valence-electron chi connectivity index (χ2n) is 3.02. The molecule has 2 heterocycles. The third-order valence-electron chi connectivity index (χ3n) is 1.91. The molecular formula is C8H8BrClN6. The van der Waals surface area contributed by atoms with Crippen molar-refractivity contribution in [3.8, 4) is 5.82 Å². The predicted octanol–water partition coefficient (Wildman–Crippen LogP) is 1.67. The summed E-state index contributed by atoms with van der Waals surface area (Å²) in [5, 5.41) is 4.79. The Morgan fingerprint density at radius 3 is 2.88 bits per heavy atom. The molecule has 0 aliphatic rings. The molecule has 8 heteroatoms. The van der Waals surface area contributed by atoms with E-state index < -0.39 is 0 Å². The second kappa shape index (κ2) is 4.36. The molecule has 2 rings (SSSR count). The standard InChI is InChI=1S/C8H8BrClN6/c1-4-6(10)3-16(15-4)7-5(9)2-12-8(13-7)14-11/h2-3H,11H2,1H3,(H,12,13,14). The molecule has 0 radical (unpaired) electrons. The van der Waals surface area contributed by atoms with Gasteiger partial charge < -0.3 is 0 Å². The lowest BCUT2D eigenvalue weighted by Gasteiger charge is -2.04. The Balaban J connectivity index is 2.54. The van der Waals surface area contributed by atoms with Gasteiger partial charge in [-0.2, -0.15) is 10.1 Å². The van der Waals surface area contributed by atoms with Gasteiger partial charge in [0.2, 0.25) is 5.95 Å². The second-order valence-corrected chi connectivity index (χ2v) is 4.28. The number of nitrogens with one attached hydrogen (secondary N) is 1. The molecule has 0 bridgehead atoms. The van der Waals surface area contributed by atoms with Crippen molar-refractivity contribution in [2.24, 2.45) is 5.84 Å². The number of nitrogen functional groups attached to an aromatic ring is 1. The third kappa shape index (κ3) is 2.01. The van der Waals surface area contributed by atoms with E-state index in [0.717, 1.165) is 5.69 Å². The molecule has 0 aliphatic carbocycles. The van der Waals surface area contributed by atoms with Crippen LogP contribution in [0.15, 0.2) is 16.9 Å². The first-order valence-electron chi connectivity index (χ1n) is 4.33. The average molecular weight is 304 g/mol. The van der Waals surface area contributed by atoms with Gasteiger partial charge in [-0.05, 0) is 22.9 Å². The molecule has 0 fully saturated rings. The fourth-order valence-electron chi connectivity index (χ4n) is 1.14. The molecule has 84 valence electrons. The summed E-state index contributed by atoms with van der Waals surface area (Å²) in [6, 6.07) is 0. The summed E-state index contributed by atoms with van der Waals surface area (Å²) >= 11 is 9.26. The fraction of sp³-hybridized carbons (Fsp3) is 0.125. The molecule has 0 aromatic carbocycles. The Bertz CT molecular complexity index is 506. The van der Waals surface area contributed by atoms with Gasteiger partial charge >= 0.3 is 0 Å². The van der Waals surface area contributed by atoms with Crippen molar-refractivity contribution in [3.63, 3.8) is 0 Å². The van der Waals surface area contributed by atoms with Gasteiger partial charge in [-0.15, -0.1) is 0 Å². The fourth-order valence-corrected chi connectivity index (χ4v) is 1.64. The minimum atomic E-state index is 0.308. The smallest absolute Gasteiger partial charge is 0.239 e. The van der Waals surface area contributed by atoms with Gasteiger partial charge in [-0.25, -0.2) is 15.5 Å². The van der Waals surface area contributed by atoms with Crippen LogP contribution in [-0.4, -0.2) is 19.7 Å². The van der Waals surface area contributed by atoms with Gasteiger partial charge in [-0.1, -0.05) is 11.6 Å². The van der Waals surface area contributed by atoms with Crippen LogP contribution in [0.4, 0.5) is 5.95 Å². The van der Waals surface area contributed by atoms with Crippen LogP contribution in [0, 0.1) is 6.92 Å². The maximum atomic E-state index is 5.92. The molecule has 2 aromatic rings. The van der Waals surface area contributed by atoms with Gasteiger partial charge in [0.05, 0.1) is 21.4 Å². The minimum absolute atomic E-state index is 0.308. The Hall–Kier alpha value is -1.18. The van der Waals surface area contributed by atoms with Crippen molar-refractivity contribution in [3.05, 3.63) is 27.6 Å². The van der Waals surface area contributed by atoms with E-state index in [1.54, 1.807) is 17.1 Å². The molecule has 0 saturated carbocycles. The number of nitrogens with zero attached hydrogens (tertiary/aromatic N) is 4. The van der Waals surface area contributed by atoms with Gasteiger partial charge in [0.15, 0.2) is 5.82 Å². The Labute approximate surface area is 105 Å². The van der Waals surface area contributed by atoms with Crippen molar-refractivity contribution >= 4 is 33.5 Å². The summed E-state index contributed by atoms with van der Waals surface area (Å²) in [5.74, 6) is 6.11. The molecule has 0 saturated heterocycles. The van der Waals surface area contributed by atoms with Crippen LogP contribution in [0.25, 0.3) is 5.82 Å². The molecule has 3 N–H and O–H groups in total. The Morgan fingerprint density at radius 1 is 1.56 bits per heavy atom. The number of hydrogen-bond acceptors (Lipinski definition) is 5. The lowest BCUT2D eigenvalue weighted by molar-refractivity contribution is 0.821. The Morgan fingerprint density at radius 2 is 2.31 bits per heavy atom. The highest BCUT2D eigenvalue weighted by atomic mass is 79.9. The largest absolute Gasteiger partial charge is 0.292 e. The van der Waals surface area contributed by atoms with E-state index in [2.05, 4.69) is 36.4 Å². The number of aryl methyl sites for hydroxylation is 1. The van der Waals surface area contributed by atoms with Crippen LogP contribution < -0.4 is 11.3 Å². The lowest BCUT2D eigenvalue weighted by Crippen LogP contribution is -2.12. The highest BCUT2D eigenvalue weighted by molar-refractivity contribution is 9.10. The first kappa shape index (κ1) is 11.3. The van der Waals surface area contributed by atoms with Gasteiger partial charge in [0.1, 0.15) is 0 Å². The molecule has 2 aromatic heterocycles. The topological polar surface area (TPSA) is 81.7 Å². The van der Waals surface area contributed by atoms with Crippen molar-refractivity contribution < 1.29 is 0 Å². The number of aromatic nitrogens is 4. The summed E-state index contributed by atoms with van der Waals surface area (Å²) in [5.41, 5.74) is 3.10. The van der Waals surface area contributed by atoms with Gasteiger partial charge in [-0.3, -0.25) is 5.43 Å². The van der Waals surface area contributed by atoms with E-state index in [0.29, 0.717) is 21.3 Å². The highest BCUT2D eigenvalue weighted by Gasteiger charge is 2.10. The highest BCUT2D eigenvalue weighted by Crippen LogP contribution is 2.21. The predicted molar refractivity (Wildman–Crippen MR) is 64.4 cm³/mol. The maximum absolute atomic E-state index is 5.92. The van der Waals surface area contributed by atoms with E-state index in [1.165, 1.54) is 0 Å². The molecule has 16 heavy (non-hydrogen) atoms. The quantitative estimate of drug-likeness (QED) is 0.651. The van der Waals surface area contributed by atoms with Crippen LogP contribution >= 0.6 is 27.5 Å². The van der Waals surface area contributed by atoms with Crippen molar-refractivity contribution in [2.75, 3.05) is 5.43 Å². The first-order chi connectivity index (χ1) is 7.61. The normalized spacial score (nSPS) is 10.5. The summed E-state index contributed by atoms with van der Waals surface area (Å²) in [6.45, 7) is 1.82. The molecule has 0 unspecified atom stereocenters. The zero-order chi connectivity index (χ0) is 11.7. The van der Waals surface area contributed by atoms with Crippen molar-refractivity contribution in [1.29, 1.82) is 0 Å². The number of hydrogen-bond donors (Lipinski definition) is 2. The molecule has 0 atom stereocenters. The summed E-state index contributed by atoms with van der Waals surface area (Å²) in [7, 11) is 0. The molecule has 0 spiro atoms. The van der Waals surface area contributed by atoms with E-state index in [1.807, 2.05) is 6.92 Å².